The summed E-state index contributed by atoms with van der Waals surface area (Å²) in [7, 11) is 1.12. The van der Waals surface area contributed by atoms with E-state index >= 15 is 0 Å². The van der Waals surface area contributed by atoms with E-state index in [1.807, 2.05) is 0 Å². The number of ether oxygens (including phenoxy) is 1. The summed E-state index contributed by atoms with van der Waals surface area (Å²) in [5.41, 5.74) is 5.02. The molecule has 1 fully saturated rings. The number of nitrogens with two attached hydrogens (primary N) is 1. The molecule has 7 heteroatoms. The molecule has 1 saturated heterocycles. The Morgan fingerprint density at radius 3 is 2.40 bits per heavy atom. The third-order valence-electron chi connectivity index (χ3n) is 2.32. The van der Waals surface area contributed by atoms with Gasteiger partial charge in [0, 0.05) is 13.7 Å². The van der Waals surface area contributed by atoms with E-state index in [-0.39, 0.29) is 0 Å². The van der Waals surface area contributed by atoms with Gasteiger partial charge >= 0.3 is 5.97 Å². The molecule has 0 aromatic carbocycles. The summed E-state index contributed by atoms with van der Waals surface area (Å²) < 4.78 is 4.52. The zero-order chi connectivity index (χ0) is 11.6. The largest absolute Gasteiger partial charge is 0.479 e. The van der Waals surface area contributed by atoms with Crippen LogP contribution in [0, 0.1) is 0 Å². The van der Waals surface area contributed by atoms with E-state index < -0.39 is 29.9 Å². The molecule has 0 saturated carbocycles. The summed E-state index contributed by atoms with van der Waals surface area (Å²) in [5, 5.41) is 8.65. The number of aliphatic carboxylic acids is 1. The van der Waals surface area contributed by atoms with E-state index in [0.29, 0.717) is 13.0 Å². The molecule has 0 radical (unpaired) electrons. The number of carbonyl (C=O) groups is 3. The van der Waals surface area contributed by atoms with Crippen molar-refractivity contribution in [1.29, 1.82) is 0 Å². The van der Waals surface area contributed by atoms with Crippen molar-refractivity contribution in [1.82, 2.24) is 4.90 Å². The van der Waals surface area contributed by atoms with Gasteiger partial charge in [-0.25, -0.2) is 4.79 Å². The van der Waals surface area contributed by atoms with Gasteiger partial charge in [0.2, 0.25) is 12.0 Å². The molecular formula is C8H12N2O5. The Balaban J connectivity index is 2.68. The fraction of sp³-hybridized carbons (Fsp3) is 0.625. The Labute approximate surface area is 85.8 Å². The van der Waals surface area contributed by atoms with Crippen LogP contribution in [-0.2, 0) is 19.1 Å². The molecule has 0 aromatic rings. The van der Waals surface area contributed by atoms with Gasteiger partial charge in [0.25, 0.3) is 5.91 Å². The fourth-order valence-electron chi connectivity index (χ4n) is 1.40. The van der Waals surface area contributed by atoms with Crippen LogP contribution < -0.4 is 5.73 Å². The highest BCUT2D eigenvalue weighted by molar-refractivity contribution is 6.02. The van der Waals surface area contributed by atoms with Crippen molar-refractivity contribution < 1.29 is 24.2 Å². The zero-order valence-corrected chi connectivity index (χ0v) is 8.17. The molecular weight excluding hydrogens is 204 g/mol. The smallest absolute Gasteiger partial charge is 0.342 e. The summed E-state index contributed by atoms with van der Waals surface area (Å²) in [4.78, 5) is 34.1. The Hall–Kier alpha value is -1.63. The van der Waals surface area contributed by atoms with E-state index in [1.165, 1.54) is 0 Å². The molecule has 2 atom stereocenters. The molecule has 2 unspecified atom stereocenters. The second-order valence-corrected chi connectivity index (χ2v) is 3.19. The maximum Gasteiger partial charge on any atom is 0.342 e. The number of carboxylic acids is 1. The number of carboxylic acid groups (broad SMARTS) is 1. The highest BCUT2D eigenvalue weighted by atomic mass is 16.5. The molecule has 84 valence electrons. The molecule has 2 amide bonds. The standard InChI is InChI=1S/C8H12N2O5/c1-15-5(8(13)14)7(12)10-3-2-4(10)6(9)11/h4-5H,2-3H2,1H3,(H2,9,11)(H,13,14). The van der Waals surface area contributed by atoms with Crippen molar-refractivity contribution in [3.8, 4) is 0 Å². The zero-order valence-electron chi connectivity index (χ0n) is 8.17. The van der Waals surface area contributed by atoms with Crippen molar-refractivity contribution in [3.63, 3.8) is 0 Å². The molecule has 1 heterocycles. The fourth-order valence-corrected chi connectivity index (χ4v) is 1.40. The van der Waals surface area contributed by atoms with E-state index in [0.717, 1.165) is 12.0 Å². The van der Waals surface area contributed by atoms with Crippen LogP contribution in [0.3, 0.4) is 0 Å². The van der Waals surface area contributed by atoms with Crippen LogP contribution in [0.25, 0.3) is 0 Å². The van der Waals surface area contributed by atoms with Gasteiger partial charge in [-0.2, -0.15) is 0 Å². The summed E-state index contributed by atoms with van der Waals surface area (Å²) in [6, 6.07) is -0.700. The number of nitrogens with zero attached hydrogens (tertiary/aromatic N) is 1. The third kappa shape index (κ3) is 2.07. The number of carbonyl (C=O) groups excluding carboxylic acids is 2. The molecule has 3 N–H and O–H groups in total. The first-order valence-electron chi connectivity index (χ1n) is 4.34. The van der Waals surface area contributed by atoms with Crippen LogP contribution in [0.15, 0.2) is 0 Å². The van der Waals surface area contributed by atoms with E-state index in [4.69, 9.17) is 10.8 Å². The van der Waals surface area contributed by atoms with Gasteiger partial charge in [-0.3, -0.25) is 9.59 Å². The van der Waals surface area contributed by atoms with Gasteiger partial charge < -0.3 is 20.5 Å². The number of likely N-dealkylation sites (tertiary alicyclic amines) is 1. The molecule has 15 heavy (non-hydrogen) atoms. The Morgan fingerprint density at radius 2 is 2.13 bits per heavy atom. The number of hydrogen-bond donors (Lipinski definition) is 2. The summed E-state index contributed by atoms with van der Waals surface area (Å²) in [6.45, 7) is 0.333. The van der Waals surface area contributed by atoms with Crippen molar-refractivity contribution in [3.05, 3.63) is 0 Å². The maximum atomic E-state index is 11.5. The number of amides is 2. The van der Waals surface area contributed by atoms with E-state index in [1.54, 1.807) is 0 Å². The minimum absolute atomic E-state index is 0.333. The lowest BCUT2D eigenvalue weighted by Gasteiger charge is -2.39. The first kappa shape index (κ1) is 11.4. The summed E-state index contributed by atoms with van der Waals surface area (Å²) in [6.07, 6.45) is -1.09. The van der Waals surface area contributed by atoms with E-state index in [2.05, 4.69) is 4.74 Å². The normalized spacial score (nSPS) is 21.7. The lowest BCUT2D eigenvalue weighted by Crippen LogP contribution is -2.60. The second-order valence-electron chi connectivity index (χ2n) is 3.19. The quantitative estimate of drug-likeness (QED) is 0.537. The first-order valence-corrected chi connectivity index (χ1v) is 4.34. The van der Waals surface area contributed by atoms with Gasteiger partial charge in [-0.1, -0.05) is 0 Å². The molecule has 7 nitrogen and oxygen atoms in total. The van der Waals surface area contributed by atoms with Gasteiger partial charge in [0.05, 0.1) is 0 Å². The number of methoxy groups -OCH3 is 1. The van der Waals surface area contributed by atoms with E-state index in [9.17, 15) is 14.4 Å². The van der Waals surface area contributed by atoms with Crippen LogP contribution in [0.2, 0.25) is 0 Å². The van der Waals surface area contributed by atoms with Gasteiger partial charge in [-0.05, 0) is 6.42 Å². The average molecular weight is 216 g/mol. The van der Waals surface area contributed by atoms with Gasteiger partial charge in [0.1, 0.15) is 6.04 Å². The third-order valence-corrected chi connectivity index (χ3v) is 2.32. The van der Waals surface area contributed by atoms with Crippen LogP contribution in [-0.4, -0.2) is 53.6 Å². The van der Waals surface area contributed by atoms with Crippen molar-refractivity contribution >= 4 is 17.8 Å². The van der Waals surface area contributed by atoms with Crippen LogP contribution in [0.4, 0.5) is 0 Å². The second kappa shape index (κ2) is 4.26. The minimum atomic E-state index is -1.56. The molecule has 1 rings (SSSR count). The lowest BCUT2D eigenvalue weighted by atomic mass is 10.0. The summed E-state index contributed by atoms with van der Waals surface area (Å²) in [5.74, 6) is -2.74. The summed E-state index contributed by atoms with van der Waals surface area (Å²) >= 11 is 0. The molecule has 1 aliphatic rings. The highest BCUT2D eigenvalue weighted by Gasteiger charge is 2.41. The Morgan fingerprint density at radius 1 is 1.53 bits per heavy atom. The van der Waals surface area contributed by atoms with Crippen molar-refractivity contribution in [2.75, 3.05) is 13.7 Å². The Kier molecular flexibility index (Phi) is 3.25. The Bertz CT molecular complexity index is 303. The van der Waals surface area contributed by atoms with Crippen LogP contribution >= 0.6 is 0 Å². The molecule has 0 bridgehead atoms. The SMILES string of the molecule is COC(C(=O)O)C(=O)N1CCC1C(N)=O. The molecule has 0 aromatic heterocycles. The predicted molar refractivity (Wildman–Crippen MR) is 47.7 cm³/mol. The average Bonchev–Trinajstić information content (AvgIpc) is 2.00. The van der Waals surface area contributed by atoms with Gasteiger partial charge in [-0.15, -0.1) is 0 Å². The van der Waals surface area contributed by atoms with Crippen LogP contribution in [0.5, 0.6) is 0 Å². The number of rotatable bonds is 4. The monoisotopic (exact) mass is 216 g/mol. The topological polar surface area (TPSA) is 110 Å². The van der Waals surface area contributed by atoms with Crippen molar-refractivity contribution in [2.45, 2.75) is 18.6 Å². The molecule has 0 spiro atoms. The van der Waals surface area contributed by atoms with Gasteiger partial charge in [0.15, 0.2) is 0 Å². The predicted octanol–water partition coefficient (Wildman–Crippen LogP) is -1.83. The maximum absolute atomic E-state index is 11.5. The number of primary amides is 1. The number of hydrogen-bond acceptors (Lipinski definition) is 4. The highest BCUT2D eigenvalue weighted by Crippen LogP contribution is 2.18. The lowest BCUT2D eigenvalue weighted by molar-refractivity contribution is -0.166. The molecule has 1 aliphatic heterocycles. The molecule has 0 aliphatic carbocycles. The van der Waals surface area contributed by atoms with Crippen LogP contribution in [0.1, 0.15) is 6.42 Å². The minimum Gasteiger partial charge on any atom is -0.479 e. The first-order chi connectivity index (χ1) is 6.99. The van der Waals surface area contributed by atoms with Crippen molar-refractivity contribution in [2.24, 2.45) is 5.73 Å².